The topological polar surface area (TPSA) is 138 Å². The highest BCUT2D eigenvalue weighted by atomic mass is 32.2. The van der Waals surface area contributed by atoms with Gasteiger partial charge < -0.3 is 14.4 Å². The number of ether oxygens (including phenoxy) is 1. The normalized spacial score (nSPS) is 15.4. The largest absolute Gasteiger partial charge is 0.490 e. The summed E-state index contributed by atoms with van der Waals surface area (Å²) in [6.07, 6.45) is 1.20. The van der Waals surface area contributed by atoms with E-state index in [1.807, 2.05) is 32.0 Å². The average Bonchev–Trinajstić information content (AvgIpc) is 3.41. The molecule has 1 unspecified atom stereocenters. The van der Waals surface area contributed by atoms with Crippen molar-refractivity contribution in [3.63, 3.8) is 0 Å². The average molecular weight is 469 g/mol. The Morgan fingerprint density at radius 1 is 1.33 bits per heavy atom. The number of aromatic nitrogens is 2. The van der Waals surface area contributed by atoms with Crippen LogP contribution in [0.4, 0.5) is 0 Å². The van der Waals surface area contributed by atoms with E-state index in [4.69, 9.17) is 14.4 Å². The molecule has 1 heterocycles. The lowest BCUT2D eigenvalue weighted by atomic mass is 10.0. The van der Waals surface area contributed by atoms with E-state index >= 15 is 0 Å². The van der Waals surface area contributed by atoms with Gasteiger partial charge in [0.25, 0.3) is 5.89 Å². The van der Waals surface area contributed by atoms with Gasteiger partial charge >= 0.3 is 0 Å². The number of nitrogens with zero attached hydrogens (tertiary/aromatic N) is 3. The second kappa shape index (κ2) is 9.31. The molecular weight excluding hydrogens is 444 g/mol. The Hall–Kier alpha value is -3.26. The molecule has 0 fully saturated rings. The first-order chi connectivity index (χ1) is 15.8. The first-order valence-corrected chi connectivity index (χ1v) is 12.2. The maximum Gasteiger partial charge on any atom is 0.258 e. The van der Waals surface area contributed by atoms with Crippen molar-refractivity contribution in [2.24, 2.45) is 0 Å². The van der Waals surface area contributed by atoms with Crippen molar-refractivity contribution in [2.75, 3.05) is 12.4 Å². The number of aliphatic hydroxyl groups excluding tert-OH is 1. The number of aliphatic hydroxyl groups is 1. The van der Waals surface area contributed by atoms with Crippen LogP contribution in [0.1, 0.15) is 43.0 Å². The van der Waals surface area contributed by atoms with Gasteiger partial charge in [-0.15, -0.1) is 0 Å². The molecule has 1 aliphatic rings. The third kappa shape index (κ3) is 4.90. The quantitative estimate of drug-likeness (QED) is 0.514. The molecule has 1 aliphatic carbocycles. The van der Waals surface area contributed by atoms with Crippen molar-refractivity contribution in [3.8, 4) is 34.7 Å². The first kappa shape index (κ1) is 22.9. The van der Waals surface area contributed by atoms with Gasteiger partial charge in [-0.3, -0.25) is 0 Å². The molecular formula is C23H24N4O5S. The zero-order chi connectivity index (χ0) is 23.6. The molecule has 2 N–H and O–H groups in total. The fourth-order valence-electron chi connectivity index (χ4n) is 3.94. The van der Waals surface area contributed by atoms with Crippen molar-refractivity contribution in [2.45, 2.75) is 38.8 Å². The van der Waals surface area contributed by atoms with E-state index in [9.17, 15) is 13.7 Å². The fourth-order valence-corrected chi connectivity index (χ4v) is 4.98. The van der Waals surface area contributed by atoms with Gasteiger partial charge in [-0.1, -0.05) is 23.4 Å². The number of hydrogen-bond donors (Lipinski definition) is 2. The second-order valence-corrected chi connectivity index (χ2v) is 9.91. The number of rotatable bonds is 8. The van der Waals surface area contributed by atoms with Gasteiger partial charge in [0, 0.05) is 17.2 Å². The molecule has 3 aromatic rings. The third-order valence-corrected chi connectivity index (χ3v) is 6.69. The van der Waals surface area contributed by atoms with Crippen molar-refractivity contribution < 1.29 is 22.8 Å². The lowest BCUT2D eigenvalue weighted by Gasteiger charge is -2.14. The molecule has 0 saturated heterocycles. The molecule has 9 nitrogen and oxygen atoms in total. The number of fused-ring (bicyclic) bond motifs is 1. The van der Waals surface area contributed by atoms with Crippen LogP contribution in [0, 0.1) is 11.3 Å². The summed E-state index contributed by atoms with van der Waals surface area (Å²) in [5.74, 6) is 0.819. The molecule has 0 bridgehead atoms. The van der Waals surface area contributed by atoms with Gasteiger partial charge in [-0.25, -0.2) is 13.1 Å². The SMILES string of the molecule is CC(C)Oc1ccc(-c2nc(-c3cccc4c3CCC4NS(=O)(=O)CCO)no2)cc1C#N. The summed E-state index contributed by atoms with van der Waals surface area (Å²) in [7, 11) is -3.57. The Balaban J connectivity index is 1.63. The smallest absolute Gasteiger partial charge is 0.258 e. The van der Waals surface area contributed by atoms with Crippen LogP contribution >= 0.6 is 0 Å². The Morgan fingerprint density at radius 2 is 2.15 bits per heavy atom. The molecule has 10 heteroatoms. The summed E-state index contributed by atoms with van der Waals surface area (Å²) in [6.45, 7) is 3.35. The summed E-state index contributed by atoms with van der Waals surface area (Å²) in [5, 5.41) is 22.6. The number of nitrogens with one attached hydrogen (secondary N) is 1. The molecule has 2 aromatic carbocycles. The molecule has 0 aliphatic heterocycles. The minimum absolute atomic E-state index is 0.0601. The zero-order valence-corrected chi connectivity index (χ0v) is 19.1. The van der Waals surface area contributed by atoms with Crippen LogP contribution in [-0.4, -0.2) is 42.1 Å². The third-order valence-electron chi connectivity index (χ3n) is 5.33. The van der Waals surface area contributed by atoms with Crippen LogP contribution in [0.2, 0.25) is 0 Å². The van der Waals surface area contributed by atoms with E-state index in [1.54, 1.807) is 18.2 Å². The molecule has 1 atom stereocenters. The van der Waals surface area contributed by atoms with Gasteiger partial charge in [0.2, 0.25) is 15.8 Å². The van der Waals surface area contributed by atoms with E-state index in [2.05, 4.69) is 20.9 Å². The van der Waals surface area contributed by atoms with E-state index < -0.39 is 16.6 Å². The molecule has 172 valence electrons. The van der Waals surface area contributed by atoms with Crippen molar-refractivity contribution in [1.29, 1.82) is 5.26 Å². The number of sulfonamides is 1. The minimum atomic E-state index is -3.57. The molecule has 33 heavy (non-hydrogen) atoms. The zero-order valence-electron chi connectivity index (χ0n) is 18.3. The Morgan fingerprint density at radius 3 is 2.88 bits per heavy atom. The van der Waals surface area contributed by atoms with Crippen molar-refractivity contribution >= 4 is 10.0 Å². The first-order valence-electron chi connectivity index (χ1n) is 10.6. The van der Waals surface area contributed by atoms with Gasteiger partial charge in [-0.05, 0) is 56.0 Å². The van der Waals surface area contributed by atoms with Crippen LogP contribution < -0.4 is 9.46 Å². The number of nitriles is 1. The van der Waals surface area contributed by atoms with Crippen LogP contribution in [0.25, 0.3) is 22.8 Å². The monoisotopic (exact) mass is 468 g/mol. The van der Waals surface area contributed by atoms with E-state index in [1.165, 1.54) is 0 Å². The summed E-state index contributed by atoms with van der Waals surface area (Å²) in [4.78, 5) is 4.52. The molecule has 1 aromatic heterocycles. The van der Waals surface area contributed by atoms with Crippen LogP contribution in [-0.2, 0) is 16.4 Å². The Bertz CT molecular complexity index is 1310. The standard InChI is InChI=1S/C23H24N4O5S/c1-14(2)31-21-9-6-15(12-16(21)13-24)23-25-22(26-32-23)19-5-3-4-18-17(19)7-8-20(18)27-33(29,30)11-10-28/h3-6,9,12,14,20,27-28H,7-8,10-11H2,1-2H3. The highest BCUT2D eigenvalue weighted by Crippen LogP contribution is 2.38. The second-order valence-electron chi connectivity index (χ2n) is 8.04. The maximum absolute atomic E-state index is 12.1. The van der Waals surface area contributed by atoms with Crippen LogP contribution in [0.5, 0.6) is 5.75 Å². The lowest BCUT2D eigenvalue weighted by molar-refractivity contribution is 0.241. The highest BCUT2D eigenvalue weighted by Gasteiger charge is 2.29. The van der Waals surface area contributed by atoms with E-state index in [0.717, 1.165) is 16.7 Å². The van der Waals surface area contributed by atoms with E-state index in [-0.39, 0.29) is 23.8 Å². The predicted octanol–water partition coefficient (Wildman–Crippen LogP) is 2.96. The summed E-state index contributed by atoms with van der Waals surface area (Å²) in [5.41, 5.74) is 3.57. The van der Waals surface area contributed by atoms with Gasteiger partial charge in [0.1, 0.15) is 11.8 Å². The van der Waals surface area contributed by atoms with Gasteiger partial charge in [-0.2, -0.15) is 10.2 Å². The summed E-state index contributed by atoms with van der Waals surface area (Å²) >= 11 is 0. The molecule has 0 radical (unpaired) electrons. The predicted molar refractivity (Wildman–Crippen MR) is 121 cm³/mol. The molecule has 4 rings (SSSR count). The Labute approximate surface area is 192 Å². The van der Waals surface area contributed by atoms with Crippen LogP contribution in [0.15, 0.2) is 40.9 Å². The van der Waals surface area contributed by atoms with Crippen LogP contribution in [0.3, 0.4) is 0 Å². The van der Waals surface area contributed by atoms with E-state index in [0.29, 0.717) is 35.5 Å². The minimum Gasteiger partial charge on any atom is -0.490 e. The van der Waals surface area contributed by atoms with Gasteiger partial charge in [0.15, 0.2) is 0 Å². The fraction of sp³-hybridized carbons (Fsp3) is 0.348. The number of hydrogen-bond acceptors (Lipinski definition) is 8. The molecule has 0 saturated carbocycles. The molecule has 0 spiro atoms. The lowest BCUT2D eigenvalue weighted by Crippen LogP contribution is -2.30. The van der Waals surface area contributed by atoms with Gasteiger partial charge in [0.05, 0.1) is 24.0 Å². The van der Waals surface area contributed by atoms with Crippen molar-refractivity contribution in [1.82, 2.24) is 14.9 Å². The maximum atomic E-state index is 12.1. The summed E-state index contributed by atoms with van der Waals surface area (Å²) < 4.78 is 38.0. The summed E-state index contributed by atoms with van der Waals surface area (Å²) in [6, 6.07) is 12.5. The van der Waals surface area contributed by atoms with Crippen molar-refractivity contribution in [3.05, 3.63) is 53.1 Å². The molecule has 0 amide bonds. The Kier molecular flexibility index (Phi) is 6.47. The number of benzene rings is 2. The highest BCUT2D eigenvalue weighted by molar-refractivity contribution is 7.89.